The number of urea groups is 2. The Balaban J connectivity index is 2.00. The molecule has 3 rings (SSSR count). The lowest BCUT2D eigenvalue weighted by atomic mass is 9.94. The maximum atomic E-state index is 13.3. The Morgan fingerprint density at radius 1 is 1.20 bits per heavy atom. The third kappa shape index (κ3) is 5.85. The highest BCUT2D eigenvalue weighted by molar-refractivity contribution is 6.42. The summed E-state index contributed by atoms with van der Waals surface area (Å²) < 4.78 is 5.42. The second-order valence-electron chi connectivity index (χ2n) is 8.46. The predicted molar refractivity (Wildman–Crippen MR) is 135 cm³/mol. The van der Waals surface area contributed by atoms with Gasteiger partial charge in [0.15, 0.2) is 0 Å². The number of benzene rings is 1. The van der Waals surface area contributed by atoms with E-state index >= 15 is 0 Å². The van der Waals surface area contributed by atoms with E-state index in [2.05, 4.69) is 15.5 Å². The molecular formula is C24H33Cl2N5O4. The number of likely N-dealkylation sites (N-methyl/N-ethyl adjacent to an activating group) is 1. The van der Waals surface area contributed by atoms with Crippen LogP contribution in [0.15, 0.2) is 29.5 Å². The molecule has 11 heteroatoms. The van der Waals surface area contributed by atoms with Crippen molar-refractivity contribution in [1.29, 1.82) is 0 Å². The van der Waals surface area contributed by atoms with Crippen LogP contribution in [0.4, 0.5) is 9.59 Å². The zero-order valence-corrected chi connectivity index (χ0v) is 22.1. The maximum Gasteiger partial charge on any atom is 0.338 e. The summed E-state index contributed by atoms with van der Waals surface area (Å²) in [5.41, 5.74) is 1.42. The first kappa shape index (κ1) is 27.1. The highest BCUT2D eigenvalue weighted by Gasteiger charge is 2.40. The number of hydrogen-bond acceptors (Lipinski definition) is 5. The number of nitrogens with one attached hydrogen (secondary N) is 2. The molecule has 35 heavy (non-hydrogen) atoms. The average Bonchev–Trinajstić information content (AvgIpc) is 2.81. The third-order valence-corrected chi connectivity index (χ3v) is 7.05. The number of hydrogen-bond donors (Lipinski definition) is 2. The first-order chi connectivity index (χ1) is 16.7. The van der Waals surface area contributed by atoms with Crippen LogP contribution < -0.4 is 10.6 Å². The summed E-state index contributed by atoms with van der Waals surface area (Å²) in [5.74, 6) is -0.518. The Kier molecular flexibility index (Phi) is 9.27. The zero-order valence-electron chi connectivity index (χ0n) is 20.6. The minimum atomic E-state index is -0.806. The number of carbonyl (C=O) groups excluding carboxylic acids is 3. The van der Waals surface area contributed by atoms with E-state index in [1.54, 1.807) is 34.9 Å². The number of piperazine rings is 1. The molecule has 2 unspecified atom stereocenters. The van der Waals surface area contributed by atoms with Gasteiger partial charge in [-0.05, 0) is 39.3 Å². The summed E-state index contributed by atoms with van der Waals surface area (Å²) in [6, 6.07) is 3.87. The van der Waals surface area contributed by atoms with E-state index in [4.69, 9.17) is 27.9 Å². The molecule has 2 atom stereocenters. The summed E-state index contributed by atoms with van der Waals surface area (Å²) in [6.45, 7) is 10.7. The Hall–Kier alpha value is -2.49. The molecule has 1 fully saturated rings. The van der Waals surface area contributed by atoms with E-state index in [0.717, 1.165) is 0 Å². The smallest absolute Gasteiger partial charge is 0.338 e. The van der Waals surface area contributed by atoms with Crippen LogP contribution in [0.2, 0.25) is 10.0 Å². The van der Waals surface area contributed by atoms with Crippen molar-refractivity contribution < 1.29 is 19.1 Å². The van der Waals surface area contributed by atoms with Crippen LogP contribution in [-0.4, -0.2) is 84.6 Å². The number of rotatable bonds is 7. The molecule has 1 aromatic carbocycles. The van der Waals surface area contributed by atoms with Crippen molar-refractivity contribution in [3.8, 4) is 0 Å². The summed E-state index contributed by atoms with van der Waals surface area (Å²) >= 11 is 12.7. The van der Waals surface area contributed by atoms with Gasteiger partial charge >= 0.3 is 18.0 Å². The zero-order chi connectivity index (χ0) is 25.7. The highest BCUT2D eigenvalue weighted by atomic mass is 35.5. The van der Waals surface area contributed by atoms with Crippen LogP contribution in [0.5, 0.6) is 0 Å². The fourth-order valence-electron chi connectivity index (χ4n) is 4.58. The van der Waals surface area contributed by atoms with Gasteiger partial charge in [0.25, 0.3) is 0 Å². The van der Waals surface area contributed by atoms with Crippen molar-refractivity contribution in [1.82, 2.24) is 25.3 Å². The third-order valence-electron chi connectivity index (χ3n) is 6.22. The van der Waals surface area contributed by atoms with Gasteiger partial charge in [0.05, 0.1) is 28.3 Å². The largest absolute Gasteiger partial charge is 0.463 e. The molecule has 2 aliphatic rings. The van der Waals surface area contributed by atoms with Crippen LogP contribution in [0, 0.1) is 0 Å². The number of amides is 4. The second kappa shape index (κ2) is 12.0. The van der Waals surface area contributed by atoms with Gasteiger partial charge in [-0.15, -0.1) is 0 Å². The normalized spacial score (nSPS) is 21.1. The quantitative estimate of drug-likeness (QED) is 0.530. The van der Waals surface area contributed by atoms with Gasteiger partial charge < -0.3 is 20.3 Å². The summed E-state index contributed by atoms with van der Waals surface area (Å²) in [5, 5.41) is 6.36. The van der Waals surface area contributed by atoms with Crippen molar-refractivity contribution in [3.63, 3.8) is 0 Å². The molecule has 2 N–H and O–H groups in total. The molecule has 0 aromatic heterocycles. The molecular weight excluding hydrogens is 493 g/mol. The first-order valence-corrected chi connectivity index (χ1v) is 12.7. The van der Waals surface area contributed by atoms with Crippen LogP contribution in [0.1, 0.15) is 39.3 Å². The molecule has 1 aromatic rings. The molecule has 2 heterocycles. The van der Waals surface area contributed by atoms with Crippen molar-refractivity contribution in [3.05, 3.63) is 45.1 Å². The van der Waals surface area contributed by atoms with Gasteiger partial charge in [0.1, 0.15) is 0 Å². The standard InChI is InChI=1S/C24H33Cl2N5O4/c1-5-27-23(33)31-12-11-29(13-15(31)4)14-18-19(22(32)35-7-3)21(28-24(34)30(18)6-2)16-9-8-10-17(25)20(16)26/h8-10,15,21H,5-7,11-14H2,1-4H3,(H,27,33)(H,28,34). The van der Waals surface area contributed by atoms with Gasteiger partial charge in [-0.25, -0.2) is 14.4 Å². The van der Waals surface area contributed by atoms with Crippen molar-refractivity contribution in [2.24, 2.45) is 0 Å². The van der Waals surface area contributed by atoms with E-state index < -0.39 is 12.0 Å². The highest BCUT2D eigenvalue weighted by Crippen LogP contribution is 2.38. The van der Waals surface area contributed by atoms with Crippen molar-refractivity contribution in [2.75, 3.05) is 45.9 Å². The maximum absolute atomic E-state index is 13.3. The lowest BCUT2D eigenvalue weighted by Crippen LogP contribution is -2.58. The Bertz CT molecular complexity index is 1000. The molecule has 0 bridgehead atoms. The number of halogens is 2. The predicted octanol–water partition coefficient (Wildman–Crippen LogP) is 3.63. The van der Waals surface area contributed by atoms with E-state index in [1.807, 2.05) is 20.8 Å². The molecule has 192 valence electrons. The van der Waals surface area contributed by atoms with Crippen molar-refractivity contribution in [2.45, 2.75) is 39.8 Å². The average molecular weight is 526 g/mol. The van der Waals surface area contributed by atoms with Crippen LogP contribution in [0.25, 0.3) is 0 Å². The van der Waals surface area contributed by atoms with E-state index in [9.17, 15) is 14.4 Å². The van der Waals surface area contributed by atoms with Crippen LogP contribution in [-0.2, 0) is 9.53 Å². The molecule has 1 saturated heterocycles. The van der Waals surface area contributed by atoms with Gasteiger partial charge in [0, 0.05) is 51.0 Å². The molecule has 0 spiro atoms. The Morgan fingerprint density at radius 2 is 1.94 bits per heavy atom. The SMILES string of the molecule is CCNC(=O)N1CCN(CC2=C(C(=O)OCC)C(c3cccc(Cl)c3Cl)NC(=O)N2CC)CC1C. The molecule has 4 amide bonds. The minimum absolute atomic E-state index is 0.0346. The summed E-state index contributed by atoms with van der Waals surface area (Å²) in [7, 11) is 0. The van der Waals surface area contributed by atoms with Gasteiger partial charge in [-0.3, -0.25) is 9.80 Å². The van der Waals surface area contributed by atoms with Crippen molar-refractivity contribution >= 4 is 41.2 Å². The number of carbonyl (C=O) groups is 3. The van der Waals surface area contributed by atoms with Gasteiger partial charge in [-0.2, -0.15) is 0 Å². The minimum Gasteiger partial charge on any atom is -0.463 e. The molecule has 0 radical (unpaired) electrons. The van der Waals surface area contributed by atoms with E-state index in [-0.39, 0.29) is 29.7 Å². The monoisotopic (exact) mass is 525 g/mol. The Morgan fingerprint density at radius 3 is 2.57 bits per heavy atom. The molecule has 9 nitrogen and oxygen atoms in total. The molecule has 0 saturated carbocycles. The van der Waals surface area contributed by atoms with Crippen LogP contribution >= 0.6 is 23.2 Å². The van der Waals surface area contributed by atoms with E-state index in [0.29, 0.717) is 61.1 Å². The molecule has 0 aliphatic carbocycles. The topological polar surface area (TPSA) is 94.2 Å². The number of ether oxygens (including phenoxy) is 1. The number of nitrogens with zero attached hydrogens (tertiary/aromatic N) is 3. The van der Waals surface area contributed by atoms with E-state index in [1.165, 1.54) is 0 Å². The lowest BCUT2D eigenvalue weighted by Gasteiger charge is -2.42. The summed E-state index contributed by atoms with van der Waals surface area (Å²) in [4.78, 5) is 44.3. The summed E-state index contributed by atoms with van der Waals surface area (Å²) in [6.07, 6.45) is 0. The fraction of sp³-hybridized carbons (Fsp3) is 0.542. The number of esters is 1. The lowest BCUT2D eigenvalue weighted by molar-refractivity contribution is -0.139. The Labute approximate surface area is 216 Å². The fourth-order valence-corrected chi connectivity index (χ4v) is 4.99. The first-order valence-electron chi connectivity index (χ1n) is 11.9. The van der Waals surface area contributed by atoms with Crippen LogP contribution in [0.3, 0.4) is 0 Å². The van der Waals surface area contributed by atoms with Gasteiger partial charge in [0.2, 0.25) is 0 Å². The second-order valence-corrected chi connectivity index (χ2v) is 9.25. The van der Waals surface area contributed by atoms with Gasteiger partial charge in [-0.1, -0.05) is 35.3 Å². The molecule has 2 aliphatic heterocycles.